The SMILES string of the molecule is CCCCCCCCCCCCCCCCCCCCCCCC(=O)O[C@H](COC(=O)CCCCCCCCCCCCCCCCCCC)COP(=O)(O)OC[C@@H](O)COP(=O)(O)OC[C@@H](COC(=O)CCCCCCC)OC(=O)CCCCCCCCCCCCCC. The Morgan fingerprint density at radius 1 is 0.253 bits per heavy atom. The van der Waals surface area contributed by atoms with Crippen LogP contribution in [0.15, 0.2) is 0 Å². The lowest BCUT2D eigenvalue weighted by atomic mass is 10.0. The van der Waals surface area contributed by atoms with E-state index in [9.17, 15) is 43.2 Å². The fraction of sp³-hybridized carbons (Fsp3) is 0.947. The summed E-state index contributed by atoms with van der Waals surface area (Å²) in [5, 5.41) is 10.6. The molecule has 3 N–H and O–H groups in total. The number of esters is 4. The first kappa shape index (κ1) is 93.1. The average Bonchev–Trinajstić information content (AvgIpc) is 2.05. The first-order chi connectivity index (χ1) is 46.2. The van der Waals surface area contributed by atoms with Crippen LogP contribution >= 0.6 is 15.6 Å². The van der Waals surface area contributed by atoms with Gasteiger partial charge < -0.3 is 33.8 Å². The molecule has 0 fully saturated rings. The van der Waals surface area contributed by atoms with Crippen LogP contribution in [-0.2, 0) is 65.4 Å². The Hall–Kier alpha value is -1.94. The van der Waals surface area contributed by atoms with Crippen LogP contribution in [0.5, 0.6) is 0 Å². The van der Waals surface area contributed by atoms with Gasteiger partial charge >= 0.3 is 39.5 Å². The van der Waals surface area contributed by atoms with E-state index in [1.165, 1.54) is 231 Å². The Labute approximate surface area is 581 Å². The van der Waals surface area contributed by atoms with Gasteiger partial charge in [0.05, 0.1) is 26.4 Å². The number of hydrogen-bond acceptors (Lipinski definition) is 15. The molecule has 0 radical (unpaired) electrons. The number of phosphoric acid groups is 2. The smallest absolute Gasteiger partial charge is 0.462 e. The number of carbonyl (C=O) groups excluding carboxylic acids is 4. The van der Waals surface area contributed by atoms with Crippen molar-refractivity contribution in [1.82, 2.24) is 0 Å². The summed E-state index contributed by atoms with van der Waals surface area (Å²) in [4.78, 5) is 72.5. The molecule has 17 nitrogen and oxygen atoms in total. The fourth-order valence-corrected chi connectivity index (χ4v) is 13.3. The van der Waals surface area contributed by atoms with E-state index in [0.29, 0.717) is 25.7 Å². The molecule has 0 saturated heterocycles. The molecule has 0 aliphatic carbocycles. The molecule has 19 heteroatoms. The largest absolute Gasteiger partial charge is 0.472 e. The van der Waals surface area contributed by atoms with Crippen molar-refractivity contribution < 1.29 is 80.2 Å². The van der Waals surface area contributed by atoms with Gasteiger partial charge in [0.15, 0.2) is 12.2 Å². The maximum atomic E-state index is 13.1. The van der Waals surface area contributed by atoms with Crippen LogP contribution in [0.25, 0.3) is 0 Å². The van der Waals surface area contributed by atoms with Crippen LogP contribution < -0.4 is 0 Å². The second-order valence-electron chi connectivity index (χ2n) is 27.4. The van der Waals surface area contributed by atoms with E-state index >= 15 is 0 Å². The molecule has 2 unspecified atom stereocenters. The van der Waals surface area contributed by atoms with Crippen LogP contribution in [-0.4, -0.2) is 96.7 Å². The third-order valence-corrected chi connectivity index (χ3v) is 19.8. The molecular weight excluding hydrogens is 1250 g/mol. The van der Waals surface area contributed by atoms with Crippen molar-refractivity contribution in [1.29, 1.82) is 0 Å². The zero-order valence-electron chi connectivity index (χ0n) is 61.6. The lowest BCUT2D eigenvalue weighted by Crippen LogP contribution is -2.30. The van der Waals surface area contributed by atoms with Gasteiger partial charge in [-0.1, -0.05) is 355 Å². The van der Waals surface area contributed by atoms with Gasteiger partial charge in [-0.3, -0.25) is 37.3 Å². The number of rotatable bonds is 77. The molecule has 0 amide bonds. The highest BCUT2D eigenvalue weighted by molar-refractivity contribution is 7.47. The monoisotopic (exact) mass is 1400 g/mol. The molecule has 0 aromatic carbocycles. The summed E-state index contributed by atoms with van der Waals surface area (Å²) in [5.41, 5.74) is 0. The molecule has 0 rings (SSSR count). The van der Waals surface area contributed by atoms with Crippen molar-refractivity contribution in [2.75, 3.05) is 39.6 Å². The van der Waals surface area contributed by atoms with Gasteiger partial charge in [-0.15, -0.1) is 0 Å². The van der Waals surface area contributed by atoms with Gasteiger partial charge in [0, 0.05) is 25.7 Å². The Morgan fingerprint density at radius 2 is 0.421 bits per heavy atom. The molecule has 0 bridgehead atoms. The summed E-state index contributed by atoms with van der Waals surface area (Å²) < 4.78 is 68.3. The van der Waals surface area contributed by atoms with Gasteiger partial charge in [-0.05, 0) is 25.7 Å². The topological polar surface area (TPSA) is 237 Å². The molecule has 564 valence electrons. The normalized spacial score (nSPS) is 13.9. The highest BCUT2D eigenvalue weighted by Crippen LogP contribution is 2.45. The minimum atomic E-state index is -4.95. The molecule has 0 aromatic heterocycles. The zero-order chi connectivity index (χ0) is 69.7. The fourth-order valence-electron chi connectivity index (χ4n) is 11.8. The van der Waals surface area contributed by atoms with Crippen molar-refractivity contribution in [3.8, 4) is 0 Å². The molecular formula is C76H148O17P2. The minimum Gasteiger partial charge on any atom is -0.462 e. The number of hydrogen-bond donors (Lipinski definition) is 3. The third kappa shape index (κ3) is 70.3. The molecule has 0 heterocycles. The van der Waals surface area contributed by atoms with Crippen LogP contribution in [0.2, 0.25) is 0 Å². The van der Waals surface area contributed by atoms with Crippen LogP contribution in [0, 0.1) is 0 Å². The molecule has 5 atom stereocenters. The predicted molar refractivity (Wildman–Crippen MR) is 386 cm³/mol. The van der Waals surface area contributed by atoms with Crippen molar-refractivity contribution in [2.45, 2.75) is 425 Å². The highest BCUT2D eigenvalue weighted by atomic mass is 31.2. The van der Waals surface area contributed by atoms with Gasteiger partial charge in [0.25, 0.3) is 0 Å². The maximum Gasteiger partial charge on any atom is 0.472 e. The molecule has 0 saturated carbocycles. The molecule has 0 aliphatic heterocycles. The van der Waals surface area contributed by atoms with E-state index < -0.39 is 97.5 Å². The number of unbranched alkanes of at least 4 members (excludes halogenated alkanes) is 51. The minimum absolute atomic E-state index is 0.107. The summed E-state index contributed by atoms with van der Waals surface area (Å²) >= 11 is 0. The predicted octanol–water partition coefficient (Wildman–Crippen LogP) is 22.6. The maximum absolute atomic E-state index is 13.1. The molecule has 95 heavy (non-hydrogen) atoms. The highest BCUT2D eigenvalue weighted by Gasteiger charge is 2.30. The average molecular weight is 1400 g/mol. The number of carbonyl (C=O) groups is 4. The van der Waals surface area contributed by atoms with E-state index in [1.54, 1.807) is 0 Å². The van der Waals surface area contributed by atoms with Gasteiger partial charge in [0.2, 0.25) is 0 Å². The standard InChI is InChI=1S/C76H148O17P2/c1-5-9-13-17-20-23-26-29-31-33-34-35-36-38-40-42-45-48-51-55-59-63-76(81)93-72(67-87-74(79)61-57-53-49-46-44-41-39-37-32-30-27-24-21-18-14-10-6-2)69-91-95(84,85)89-65-70(77)64-88-94(82,83)90-68-71(66-86-73(78)60-56-52-16-12-8-4)92-75(80)62-58-54-50-47-43-28-25-22-19-15-11-7-3/h70-72,77H,5-69H2,1-4H3,(H,82,83)(H,84,85)/t70-,71+,72+/m0/s1. The van der Waals surface area contributed by atoms with Gasteiger partial charge in [-0.2, -0.15) is 0 Å². The van der Waals surface area contributed by atoms with Crippen LogP contribution in [0.3, 0.4) is 0 Å². The second-order valence-corrected chi connectivity index (χ2v) is 30.3. The lowest BCUT2D eigenvalue weighted by Gasteiger charge is -2.21. The number of aliphatic hydroxyl groups is 1. The van der Waals surface area contributed by atoms with Crippen molar-refractivity contribution in [3.05, 3.63) is 0 Å². The summed E-state index contributed by atoms with van der Waals surface area (Å²) in [6, 6.07) is 0. The first-order valence-corrected chi connectivity index (χ1v) is 42.8. The van der Waals surface area contributed by atoms with Crippen LogP contribution in [0.1, 0.15) is 407 Å². The quantitative estimate of drug-likeness (QED) is 0.0222. The molecule has 0 aromatic rings. The Bertz CT molecular complexity index is 1810. The number of ether oxygens (including phenoxy) is 4. The third-order valence-electron chi connectivity index (χ3n) is 17.9. The van der Waals surface area contributed by atoms with E-state index in [0.717, 1.165) is 96.3 Å². The number of aliphatic hydroxyl groups excluding tert-OH is 1. The Morgan fingerprint density at radius 3 is 0.621 bits per heavy atom. The van der Waals surface area contributed by atoms with Crippen molar-refractivity contribution in [2.24, 2.45) is 0 Å². The van der Waals surface area contributed by atoms with E-state index in [-0.39, 0.29) is 25.7 Å². The first-order valence-electron chi connectivity index (χ1n) is 39.8. The summed E-state index contributed by atoms with van der Waals surface area (Å²) in [6.07, 6.45) is 61.6. The summed E-state index contributed by atoms with van der Waals surface area (Å²) in [7, 11) is -9.90. The van der Waals surface area contributed by atoms with E-state index in [2.05, 4.69) is 27.7 Å². The number of phosphoric ester groups is 2. The van der Waals surface area contributed by atoms with Crippen molar-refractivity contribution >= 4 is 39.5 Å². The van der Waals surface area contributed by atoms with Gasteiger partial charge in [0.1, 0.15) is 19.3 Å². The summed E-state index contributed by atoms with van der Waals surface area (Å²) in [6.45, 7) is 4.90. The second kappa shape index (κ2) is 70.5. The molecule has 0 aliphatic rings. The van der Waals surface area contributed by atoms with E-state index in [1.807, 2.05) is 0 Å². The Kier molecular flexibility index (Phi) is 69.1. The lowest BCUT2D eigenvalue weighted by molar-refractivity contribution is -0.161. The van der Waals surface area contributed by atoms with Crippen molar-refractivity contribution in [3.63, 3.8) is 0 Å². The van der Waals surface area contributed by atoms with Crippen LogP contribution in [0.4, 0.5) is 0 Å². The zero-order valence-corrected chi connectivity index (χ0v) is 63.4. The summed E-state index contributed by atoms with van der Waals surface area (Å²) in [5.74, 6) is -2.12. The van der Waals surface area contributed by atoms with E-state index in [4.69, 9.17) is 37.0 Å². The Balaban J connectivity index is 5.11. The van der Waals surface area contributed by atoms with Gasteiger partial charge in [-0.25, -0.2) is 9.13 Å². The molecule has 0 spiro atoms.